The molecule has 0 unspecified atom stereocenters. The predicted octanol–water partition coefficient (Wildman–Crippen LogP) is 5.33. The van der Waals surface area contributed by atoms with Crippen LogP contribution in [0.25, 0.3) is 0 Å². The zero-order valence-corrected chi connectivity index (χ0v) is 26.2. The number of nitrogens with one attached hydrogen (secondary N) is 1. The fourth-order valence-corrected chi connectivity index (χ4v) is 5.92. The number of hydrogen-bond donors (Lipinski definition) is 1. The first-order valence-electron chi connectivity index (χ1n) is 13.7. The molecule has 3 aromatic rings. The number of nitrogens with zero attached hydrogens (tertiary/aromatic N) is 2. The van der Waals surface area contributed by atoms with E-state index in [-0.39, 0.29) is 29.0 Å². The minimum atomic E-state index is -4.19. The summed E-state index contributed by atoms with van der Waals surface area (Å²) in [4.78, 5) is 29.3. The summed E-state index contributed by atoms with van der Waals surface area (Å²) in [5.41, 5.74) is 0.857. The van der Waals surface area contributed by atoms with E-state index in [4.69, 9.17) is 4.74 Å². The van der Waals surface area contributed by atoms with Crippen molar-refractivity contribution in [3.8, 4) is 5.75 Å². The number of halogens is 1. The van der Waals surface area contributed by atoms with Crippen molar-refractivity contribution in [1.82, 2.24) is 10.2 Å². The van der Waals surface area contributed by atoms with E-state index in [1.165, 1.54) is 53.1 Å². The fourth-order valence-electron chi connectivity index (χ4n) is 4.10. The molecule has 0 aromatic heterocycles. The van der Waals surface area contributed by atoms with E-state index in [9.17, 15) is 22.4 Å². The van der Waals surface area contributed by atoms with E-state index in [2.05, 4.69) is 5.32 Å². The Morgan fingerprint density at radius 1 is 0.952 bits per heavy atom. The molecule has 226 valence electrons. The highest BCUT2D eigenvalue weighted by atomic mass is 32.2. The monoisotopic (exact) mass is 615 g/mol. The molecule has 0 aliphatic carbocycles. The highest BCUT2D eigenvalue weighted by Gasteiger charge is 2.32. The zero-order chi connectivity index (χ0) is 30.9. The lowest BCUT2D eigenvalue weighted by molar-refractivity contribution is -0.139. The van der Waals surface area contributed by atoms with Crippen molar-refractivity contribution in [2.75, 3.05) is 30.3 Å². The van der Waals surface area contributed by atoms with E-state index in [0.717, 1.165) is 9.20 Å². The number of hydrogen-bond acceptors (Lipinski definition) is 6. The molecule has 0 radical (unpaired) electrons. The summed E-state index contributed by atoms with van der Waals surface area (Å²) in [6, 6.07) is 17.5. The number of sulfonamides is 1. The van der Waals surface area contributed by atoms with Gasteiger partial charge in [0.15, 0.2) is 0 Å². The maximum atomic E-state index is 14.0. The minimum Gasteiger partial charge on any atom is -0.494 e. The summed E-state index contributed by atoms with van der Waals surface area (Å²) in [5.74, 6) is -0.644. The van der Waals surface area contributed by atoms with Crippen LogP contribution in [0.15, 0.2) is 82.6 Å². The summed E-state index contributed by atoms with van der Waals surface area (Å²) in [5, 5.41) is 2.84. The number of anilines is 1. The summed E-state index contributed by atoms with van der Waals surface area (Å²) in [6.45, 7) is 7.62. The molecule has 0 saturated carbocycles. The number of rotatable bonds is 14. The van der Waals surface area contributed by atoms with E-state index < -0.39 is 34.3 Å². The number of ether oxygens (including phenoxy) is 1. The Morgan fingerprint density at radius 2 is 1.57 bits per heavy atom. The third-order valence-corrected chi connectivity index (χ3v) is 9.01. The van der Waals surface area contributed by atoms with E-state index >= 15 is 0 Å². The minimum absolute atomic E-state index is 0.0189. The van der Waals surface area contributed by atoms with E-state index in [1.807, 2.05) is 27.0 Å². The molecule has 8 nitrogen and oxygen atoms in total. The summed E-state index contributed by atoms with van der Waals surface area (Å²) >= 11 is 1.48. The van der Waals surface area contributed by atoms with Gasteiger partial charge in [0.1, 0.15) is 24.2 Å². The molecule has 11 heteroatoms. The van der Waals surface area contributed by atoms with Crippen molar-refractivity contribution in [2.24, 2.45) is 5.92 Å². The average molecular weight is 616 g/mol. The molecule has 0 bridgehead atoms. The van der Waals surface area contributed by atoms with Gasteiger partial charge in [-0.15, -0.1) is 11.8 Å². The summed E-state index contributed by atoms with van der Waals surface area (Å²) < 4.78 is 48.1. The van der Waals surface area contributed by atoms with Gasteiger partial charge in [-0.1, -0.05) is 26.0 Å². The number of carbonyl (C=O) groups excluding carboxylic acids is 2. The van der Waals surface area contributed by atoms with Crippen molar-refractivity contribution in [2.45, 2.75) is 50.1 Å². The van der Waals surface area contributed by atoms with Crippen LogP contribution in [0.3, 0.4) is 0 Å². The lowest BCUT2D eigenvalue weighted by atomic mass is 10.1. The van der Waals surface area contributed by atoms with Gasteiger partial charge in [0.05, 0.1) is 17.2 Å². The molecule has 2 amide bonds. The van der Waals surface area contributed by atoms with Gasteiger partial charge in [0.25, 0.3) is 10.0 Å². The molecule has 0 fully saturated rings. The van der Waals surface area contributed by atoms with Crippen LogP contribution >= 0.6 is 11.8 Å². The summed E-state index contributed by atoms with van der Waals surface area (Å²) in [7, 11) is -4.19. The molecule has 1 atom stereocenters. The van der Waals surface area contributed by atoms with Crippen molar-refractivity contribution >= 4 is 39.3 Å². The number of carbonyl (C=O) groups is 2. The lowest BCUT2D eigenvalue weighted by Crippen LogP contribution is -2.51. The van der Waals surface area contributed by atoms with Gasteiger partial charge in [-0.2, -0.15) is 0 Å². The third-order valence-electron chi connectivity index (χ3n) is 6.48. The van der Waals surface area contributed by atoms with Crippen LogP contribution in [0.4, 0.5) is 10.1 Å². The Hall–Kier alpha value is -3.57. The van der Waals surface area contributed by atoms with Crippen molar-refractivity contribution in [3.05, 3.63) is 84.2 Å². The Bertz CT molecular complexity index is 1430. The molecule has 0 saturated heterocycles. The molecule has 3 rings (SSSR count). The smallest absolute Gasteiger partial charge is 0.264 e. The normalized spacial score (nSPS) is 12.1. The van der Waals surface area contributed by atoms with Crippen LogP contribution in [0.2, 0.25) is 0 Å². The maximum Gasteiger partial charge on any atom is 0.264 e. The Kier molecular flexibility index (Phi) is 11.8. The molecule has 0 spiro atoms. The van der Waals surface area contributed by atoms with Crippen LogP contribution in [-0.2, 0) is 26.2 Å². The molecule has 0 heterocycles. The van der Waals surface area contributed by atoms with Crippen LogP contribution in [0.5, 0.6) is 5.75 Å². The number of benzene rings is 3. The second-order valence-corrected chi connectivity index (χ2v) is 12.8. The van der Waals surface area contributed by atoms with Gasteiger partial charge < -0.3 is 15.0 Å². The van der Waals surface area contributed by atoms with E-state index in [1.54, 1.807) is 43.3 Å². The topological polar surface area (TPSA) is 96.0 Å². The van der Waals surface area contributed by atoms with E-state index in [0.29, 0.717) is 24.5 Å². The Labute approximate surface area is 252 Å². The van der Waals surface area contributed by atoms with Gasteiger partial charge in [-0.3, -0.25) is 13.9 Å². The Balaban J connectivity index is 2.01. The zero-order valence-electron chi connectivity index (χ0n) is 24.5. The molecular formula is C31H38FN3O5S2. The van der Waals surface area contributed by atoms with Crippen molar-refractivity contribution in [1.29, 1.82) is 0 Å². The molecule has 42 heavy (non-hydrogen) atoms. The SMILES string of the molecule is CCOc1ccc(N(CC(=O)N(Cc2ccc(F)cc2)[C@@H](C)C(=O)NCC(C)C)S(=O)(=O)c2ccc(SC)cc2)cc1. The van der Waals surface area contributed by atoms with Gasteiger partial charge >= 0.3 is 0 Å². The maximum absolute atomic E-state index is 14.0. The first-order valence-corrected chi connectivity index (χ1v) is 16.3. The first kappa shape index (κ1) is 32.9. The van der Waals surface area contributed by atoms with Crippen LogP contribution < -0.4 is 14.4 Å². The molecular weight excluding hydrogens is 577 g/mol. The van der Waals surface area contributed by atoms with Crippen molar-refractivity contribution in [3.63, 3.8) is 0 Å². The molecule has 0 aliphatic heterocycles. The standard InChI is InChI=1S/C31H38FN3O5S2/c1-6-40-27-13-11-26(12-14-27)35(42(38,39)29-17-15-28(41-5)16-18-29)21-30(36)34(20-24-7-9-25(32)10-8-24)23(4)31(37)33-19-22(2)3/h7-18,22-23H,6,19-21H2,1-5H3,(H,33,37)/t23-/m0/s1. The first-order chi connectivity index (χ1) is 20.0. The number of thioether (sulfide) groups is 1. The van der Waals surface area contributed by atoms with Crippen LogP contribution in [0, 0.1) is 11.7 Å². The Morgan fingerprint density at radius 3 is 2.12 bits per heavy atom. The van der Waals surface area contributed by atoms with Crippen LogP contribution in [-0.4, -0.2) is 57.1 Å². The number of amides is 2. The quantitative estimate of drug-likeness (QED) is 0.246. The molecule has 1 N–H and O–H groups in total. The van der Waals surface area contributed by atoms with Gasteiger partial charge in [-0.25, -0.2) is 12.8 Å². The molecule has 0 aliphatic rings. The summed E-state index contributed by atoms with van der Waals surface area (Å²) in [6.07, 6.45) is 1.89. The predicted molar refractivity (Wildman–Crippen MR) is 165 cm³/mol. The lowest BCUT2D eigenvalue weighted by Gasteiger charge is -2.32. The van der Waals surface area contributed by atoms with Crippen LogP contribution in [0.1, 0.15) is 33.3 Å². The third kappa shape index (κ3) is 8.72. The molecule has 3 aromatic carbocycles. The van der Waals surface area contributed by atoms with Crippen molar-refractivity contribution < 1.29 is 27.1 Å². The average Bonchev–Trinajstić information content (AvgIpc) is 2.98. The van der Waals surface area contributed by atoms with Gasteiger partial charge in [0, 0.05) is 18.0 Å². The largest absolute Gasteiger partial charge is 0.494 e. The highest BCUT2D eigenvalue weighted by molar-refractivity contribution is 7.98. The van der Waals surface area contributed by atoms with Gasteiger partial charge in [-0.05, 0) is 92.2 Å². The highest BCUT2D eigenvalue weighted by Crippen LogP contribution is 2.28. The van der Waals surface area contributed by atoms with Gasteiger partial charge in [0.2, 0.25) is 11.8 Å². The second kappa shape index (κ2) is 15.1. The fraction of sp³-hybridized carbons (Fsp3) is 0.355. The second-order valence-electron chi connectivity index (χ2n) is 10.1.